The van der Waals surface area contributed by atoms with Crippen LogP contribution in [-0.4, -0.2) is 34.6 Å². The summed E-state index contributed by atoms with van der Waals surface area (Å²) < 4.78 is 3.54. The standard InChI is InChI=1S/C13H18N7O/c1-10-12(19-7-16-18(4)8-19)5-13(11(2)17-10)20(9-21)6-15-14-3/h5-9,14H,1-4H3/q+1. The molecule has 1 amide bonds. The van der Waals surface area contributed by atoms with E-state index in [0.29, 0.717) is 12.1 Å². The lowest BCUT2D eigenvalue weighted by molar-refractivity contribution is -0.597. The molecule has 0 saturated heterocycles. The number of hydrogen-bond donors (Lipinski definition) is 1. The lowest BCUT2D eigenvalue weighted by Crippen LogP contribution is -2.31. The van der Waals surface area contributed by atoms with Gasteiger partial charge in [-0.1, -0.05) is 0 Å². The highest BCUT2D eigenvalue weighted by atomic mass is 16.1. The molecule has 0 radical (unpaired) electrons. The molecule has 2 aromatic heterocycles. The van der Waals surface area contributed by atoms with Gasteiger partial charge in [0.05, 0.1) is 24.1 Å². The van der Waals surface area contributed by atoms with Gasteiger partial charge in [-0.15, -0.1) is 4.68 Å². The summed E-state index contributed by atoms with van der Waals surface area (Å²) in [5.74, 6) is 0. The third kappa shape index (κ3) is 3.04. The number of carbonyl (C=O) groups is 1. The number of pyridine rings is 1. The van der Waals surface area contributed by atoms with E-state index in [0.717, 1.165) is 17.1 Å². The molecule has 0 unspecified atom stereocenters. The van der Waals surface area contributed by atoms with Crippen LogP contribution in [0, 0.1) is 13.8 Å². The van der Waals surface area contributed by atoms with Gasteiger partial charge in [0.1, 0.15) is 12.0 Å². The molecule has 0 aromatic carbocycles. The fourth-order valence-corrected chi connectivity index (χ4v) is 1.99. The Labute approximate surface area is 122 Å². The summed E-state index contributed by atoms with van der Waals surface area (Å²) in [6.07, 6.45) is 5.62. The topological polar surface area (TPSA) is 79.3 Å². The van der Waals surface area contributed by atoms with E-state index in [9.17, 15) is 4.79 Å². The van der Waals surface area contributed by atoms with Crippen LogP contribution in [0.4, 0.5) is 5.69 Å². The van der Waals surface area contributed by atoms with Crippen molar-refractivity contribution in [3.05, 3.63) is 30.1 Å². The largest absolute Gasteiger partial charge is 0.312 e. The van der Waals surface area contributed by atoms with E-state index in [-0.39, 0.29) is 0 Å². The van der Waals surface area contributed by atoms with Crippen molar-refractivity contribution in [2.75, 3.05) is 11.9 Å². The lowest BCUT2D eigenvalue weighted by atomic mass is 10.2. The average molecular weight is 288 g/mol. The van der Waals surface area contributed by atoms with Gasteiger partial charge >= 0.3 is 0 Å². The Morgan fingerprint density at radius 2 is 2.19 bits per heavy atom. The predicted octanol–water partition coefficient (Wildman–Crippen LogP) is -0.166. The zero-order chi connectivity index (χ0) is 15.4. The van der Waals surface area contributed by atoms with Crippen molar-refractivity contribution in [1.29, 1.82) is 0 Å². The number of aromatic nitrogens is 4. The van der Waals surface area contributed by atoms with E-state index in [4.69, 9.17) is 0 Å². The van der Waals surface area contributed by atoms with E-state index in [2.05, 4.69) is 20.6 Å². The second kappa shape index (κ2) is 6.12. The Bertz CT molecular complexity index is 677. The van der Waals surface area contributed by atoms with Crippen molar-refractivity contribution in [2.24, 2.45) is 12.1 Å². The van der Waals surface area contributed by atoms with Crippen molar-refractivity contribution in [3.8, 4) is 5.69 Å². The SMILES string of the molecule is CNN=CN(C=O)c1cc(-[n+]2cnn(C)c2)c(C)nc1C. The molecular weight excluding hydrogens is 270 g/mol. The number of nitrogens with one attached hydrogen (secondary N) is 1. The fraction of sp³-hybridized carbons (Fsp3) is 0.308. The van der Waals surface area contributed by atoms with Crippen molar-refractivity contribution in [3.63, 3.8) is 0 Å². The Hall–Kier alpha value is -2.77. The maximum Gasteiger partial charge on any atom is 0.270 e. The monoisotopic (exact) mass is 288 g/mol. The molecule has 0 saturated carbocycles. The molecule has 21 heavy (non-hydrogen) atoms. The molecule has 0 bridgehead atoms. The highest BCUT2D eigenvalue weighted by Crippen LogP contribution is 2.20. The second-order valence-corrected chi connectivity index (χ2v) is 4.51. The average Bonchev–Trinajstić information content (AvgIpc) is 2.87. The van der Waals surface area contributed by atoms with Gasteiger partial charge in [0.15, 0.2) is 0 Å². The molecule has 110 valence electrons. The minimum Gasteiger partial charge on any atom is -0.312 e. The molecule has 8 heteroatoms. The maximum absolute atomic E-state index is 11.3. The summed E-state index contributed by atoms with van der Waals surface area (Å²) in [5, 5.41) is 7.99. The van der Waals surface area contributed by atoms with Gasteiger partial charge in [0.25, 0.3) is 6.33 Å². The summed E-state index contributed by atoms with van der Waals surface area (Å²) in [5.41, 5.74) is 5.73. The van der Waals surface area contributed by atoms with Crippen molar-refractivity contribution in [2.45, 2.75) is 13.8 Å². The first-order valence-electron chi connectivity index (χ1n) is 6.39. The van der Waals surface area contributed by atoms with Gasteiger partial charge < -0.3 is 5.43 Å². The van der Waals surface area contributed by atoms with Crippen LogP contribution in [-0.2, 0) is 11.8 Å². The van der Waals surface area contributed by atoms with Gasteiger partial charge in [-0.2, -0.15) is 5.10 Å². The molecule has 0 fully saturated rings. The molecule has 0 atom stereocenters. The molecule has 0 spiro atoms. The minimum atomic E-state index is 0.668. The van der Waals surface area contributed by atoms with Gasteiger partial charge in [0.2, 0.25) is 12.7 Å². The predicted molar refractivity (Wildman–Crippen MR) is 78.1 cm³/mol. The van der Waals surface area contributed by atoms with E-state index >= 15 is 0 Å². The van der Waals surface area contributed by atoms with Crippen LogP contribution in [0.15, 0.2) is 23.8 Å². The number of hydrogen-bond acceptors (Lipinski definition) is 5. The van der Waals surface area contributed by atoms with E-state index in [1.807, 2.05) is 37.9 Å². The number of amides is 1. The smallest absolute Gasteiger partial charge is 0.270 e. The third-order valence-electron chi connectivity index (χ3n) is 2.98. The number of aryl methyl sites for hydroxylation is 3. The molecule has 2 aromatic rings. The first-order chi connectivity index (χ1) is 10.1. The summed E-state index contributed by atoms with van der Waals surface area (Å²) in [6.45, 7) is 3.77. The van der Waals surface area contributed by atoms with Crippen molar-refractivity contribution < 1.29 is 9.36 Å². The molecular formula is C13H18N7O+. The summed E-state index contributed by atoms with van der Waals surface area (Å²) in [6, 6.07) is 1.88. The Kier molecular flexibility index (Phi) is 4.27. The highest BCUT2D eigenvalue weighted by Gasteiger charge is 2.15. The first-order valence-corrected chi connectivity index (χ1v) is 6.39. The molecule has 8 nitrogen and oxygen atoms in total. The quantitative estimate of drug-likeness (QED) is 0.272. The zero-order valence-corrected chi connectivity index (χ0v) is 12.5. The normalized spacial score (nSPS) is 10.9. The summed E-state index contributed by atoms with van der Waals surface area (Å²) in [4.78, 5) is 17.1. The first kappa shape index (κ1) is 14.6. The molecule has 1 N–H and O–H groups in total. The van der Waals surface area contributed by atoms with Crippen LogP contribution in [0.2, 0.25) is 0 Å². The van der Waals surface area contributed by atoms with Gasteiger partial charge in [-0.05, 0) is 13.8 Å². The molecule has 0 aliphatic heterocycles. The fourth-order valence-electron chi connectivity index (χ4n) is 1.99. The maximum atomic E-state index is 11.3. The van der Waals surface area contributed by atoms with Gasteiger partial charge in [0, 0.05) is 18.2 Å². The number of anilines is 1. The number of carbonyl (C=O) groups excluding carboxylic acids is 1. The minimum absolute atomic E-state index is 0.668. The molecule has 0 aliphatic carbocycles. The number of rotatable bonds is 5. The summed E-state index contributed by atoms with van der Waals surface area (Å²) in [7, 11) is 3.50. The van der Waals surface area contributed by atoms with Crippen LogP contribution in [0.3, 0.4) is 0 Å². The molecule has 2 rings (SSSR count). The van der Waals surface area contributed by atoms with Gasteiger partial charge in [-0.25, -0.2) is 4.57 Å². The van der Waals surface area contributed by atoms with Crippen LogP contribution in [0.1, 0.15) is 11.4 Å². The van der Waals surface area contributed by atoms with Crippen LogP contribution in [0.5, 0.6) is 0 Å². The van der Waals surface area contributed by atoms with Crippen molar-refractivity contribution in [1.82, 2.24) is 20.2 Å². The van der Waals surface area contributed by atoms with E-state index < -0.39 is 0 Å². The van der Waals surface area contributed by atoms with Crippen molar-refractivity contribution >= 4 is 18.4 Å². The Morgan fingerprint density at radius 3 is 2.76 bits per heavy atom. The summed E-state index contributed by atoms with van der Waals surface area (Å²) >= 11 is 0. The Balaban J connectivity index is 2.52. The van der Waals surface area contributed by atoms with Crippen LogP contribution >= 0.6 is 0 Å². The second-order valence-electron chi connectivity index (χ2n) is 4.51. The third-order valence-corrected chi connectivity index (χ3v) is 2.98. The van der Waals surface area contributed by atoms with Gasteiger partial charge in [-0.3, -0.25) is 14.7 Å². The van der Waals surface area contributed by atoms with Crippen LogP contribution in [0.25, 0.3) is 5.69 Å². The highest BCUT2D eigenvalue weighted by molar-refractivity contribution is 5.98. The van der Waals surface area contributed by atoms with Crippen LogP contribution < -0.4 is 14.9 Å². The number of nitrogens with zero attached hydrogens (tertiary/aromatic N) is 6. The molecule has 0 aliphatic rings. The molecule has 2 heterocycles. The lowest BCUT2D eigenvalue weighted by Gasteiger charge is -2.15. The van der Waals surface area contributed by atoms with E-state index in [1.165, 1.54) is 11.2 Å². The van der Waals surface area contributed by atoms with E-state index in [1.54, 1.807) is 18.1 Å². The Morgan fingerprint density at radius 1 is 1.43 bits per heavy atom. The zero-order valence-electron chi connectivity index (χ0n) is 12.5. The number of hydrazone groups is 1.